The van der Waals surface area contributed by atoms with Crippen molar-refractivity contribution in [2.75, 3.05) is 27.2 Å². The second-order valence-corrected chi connectivity index (χ2v) is 10.5. The van der Waals surface area contributed by atoms with Gasteiger partial charge in [0.1, 0.15) is 10.0 Å². The first-order valence-corrected chi connectivity index (χ1v) is 11.8. The molecule has 1 aliphatic heterocycles. The first kappa shape index (κ1) is 22.4. The topological polar surface area (TPSA) is 86.8 Å². The Balaban J connectivity index is 1.55. The number of thiophene rings is 1. The molecule has 1 saturated heterocycles. The molecular formula is C20H24FN3O4S2. The number of benzene rings is 1. The number of nitrogens with zero attached hydrogens (tertiary/aromatic N) is 2. The van der Waals surface area contributed by atoms with E-state index >= 15 is 0 Å². The van der Waals surface area contributed by atoms with Gasteiger partial charge in [-0.15, -0.1) is 11.3 Å². The van der Waals surface area contributed by atoms with Crippen molar-refractivity contribution in [1.82, 2.24) is 14.5 Å². The second-order valence-electron chi connectivity index (χ2n) is 7.38. The molecule has 0 aliphatic carbocycles. The van der Waals surface area contributed by atoms with Crippen LogP contribution in [-0.2, 0) is 21.4 Å². The van der Waals surface area contributed by atoms with E-state index in [-0.39, 0.29) is 40.8 Å². The molecule has 1 aliphatic rings. The molecule has 3 rings (SSSR count). The molecule has 0 bridgehead atoms. The van der Waals surface area contributed by atoms with Gasteiger partial charge in [-0.3, -0.25) is 9.59 Å². The van der Waals surface area contributed by atoms with Crippen LogP contribution in [0.15, 0.2) is 39.9 Å². The normalized spacial score (nSPS) is 15.7. The highest BCUT2D eigenvalue weighted by molar-refractivity contribution is 7.91. The van der Waals surface area contributed by atoms with E-state index < -0.39 is 10.0 Å². The Kier molecular flexibility index (Phi) is 6.89. The number of halogens is 1. The fraction of sp³-hybridized carbons (Fsp3) is 0.400. The Hall–Kier alpha value is -2.30. The largest absolute Gasteiger partial charge is 0.352 e. The van der Waals surface area contributed by atoms with Gasteiger partial charge in [0.25, 0.3) is 15.9 Å². The van der Waals surface area contributed by atoms with E-state index in [1.807, 2.05) is 0 Å². The van der Waals surface area contributed by atoms with E-state index in [1.165, 1.54) is 27.4 Å². The van der Waals surface area contributed by atoms with Crippen LogP contribution in [0.25, 0.3) is 0 Å². The van der Waals surface area contributed by atoms with Crippen molar-refractivity contribution in [3.63, 3.8) is 0 Å². The summed E-state index contributed by atoms with van der Waals surface area (Å²) < 4.78 is 40.2. The van der Waals surface area contributed by atoms with Crippen LogP contribution in [0.5, 0.6) is 0 Å². The van der Waals surface area contributed by atoms with Gasteiger partial charge in [-0.05, 0) is 36.6 Å². The number of rotatable bonds is 6. The smallest absolute Gasteiger partial charge is 0.254 e. The van der Waals surface area contributed by atoms with Gasteiger partial charge in [0, 0.05) is 45.0 Å². The fourth-order valence-corrected chi connectivity index (χ4v) is 6.02. The maximum absolute atomic E-state index is 12.9. The Labute approximate surface area is 179 Å². The van der Waals surface area contributed by atoms with E-state index in [1.54, 1.807) is 31.6 Å². The molecule has 2 heterocycles. The maximum atomic E-state index is 12.9. The molecule has 1 aromatic heterocycles. The van der Waals surface area contributed by atoms with Crippen LogP contribution < -0.4 is 5.32 Å². The molecule has 0 radical (unpaired) electrons. The summed E-state index contributed by atoms with van der Waals surface area (Å²) in [5, 5.41) is 4.38. The highest BCUT2D eigenvalue weighted by Crippen LogP contribution is 2.28. The van der Waals surface area contributed by atoms with Gasteiger partial charge >= 0.3 is 0 Å². The minimum Gasteiger partial charge on any atom is -0.352 e. The molecule has 30 heavy (non-hydrogen) atoms. The van der Waals surface area contributed by atoms with Crippen LogP contribution in [0.1, 0.15) is 28.8 Å². The van der Waals surface area contributed by atoms with Crippen LogP contribution >= 0.6 is 11.3 Å². The molecule has 0 atom stereocenters. The van der Waals surface area contributed by atoms with E-state index in [9.17, 15) is 22.4 Å². The molecule has 0 saturated carbocycles. The number of carbonyl (C=O) groups excluding carboxylic acids is 2. The Morgan fingerprint density at radius 3 is 2.43 bits per heavy atom. The van der Waals surface area contributed by atoms with Crippen molar-refractivity contribution < 1.29 is 22.4 Å². The van der Waals surface area contributed by atoms with E-state index in [4.69, 9.17) is 0 Å². The zero-order chi connectivity index (χ0) is 21.9. The lowest BCUT2D eigenvalue weighted by molar-refractivity contribution is -0.126. The lowest BCUT2D eigenvalue weighted by Gasteiger charge is -2.30. The standard InChI is InChI=1S/C20H24FN3O4S2/c1-23(2)20(26)16-11-18(29-13-16)30(27,28)24-9-7-15(8-10-24)19(25)22-12-14-3-5-17(21)6-4-14/h3-6,11,13,15H,7-10,12H2,1-2H3,(H,22,25). The summed E-state index contributed by atoms with van der Waals surface area (Å²) in [5.74, 6) is -0.982. The highest BCUT2D eigenvalue weighted by Gasteiger charge is 2.33. The van der Waals surface area contributed by atoms with Crippen molar-refractivity contribution in [2.24, 2.45) is 5.92 Å². The summed E-state index contributed by atoms with van der Waals surface area (Å²) in [6.07, 6.45) is 0.840. The Morgan fingerprint density at radius 1 is 1.20 bits per heavy atom. The van der Waals surface area contributed by atoms with Crippen molar-refractivity contribution in [1.29, 1.82) is 0 Å². The molecule has 2 aromatic rings. The van der Waals surface area contributed by atoms with Gasteiger partial charge in [0.15, 0.2) is 0 Å². The van der Waals surface area contributed by atoms with Crippen LogP contribution in [0.4, 0.5) is 4.39 Å². The number of carbonyl (C=O) groups is 2. The van der Waals surface area contributed by atoms with Gasteiger partial charge in [0.2, 0.25) is 5.91 Å². The lowest BCUT2D eigenvalue weighted by Crippen LogP contribution is -2.42. The van der Waals surface area contributed by atoms with Crippen molar-refractivity contribution in [3.05, 3.63) is 52.7 Å². The first-order chi connectivity index (χ1) is 14.2. The third-order valence-electron chi connectivity index (χ3n) is 5.03. The van der Waals surface area contributed by atoms with Gasteiger partial charge in [-0.2, -0.15) is 4.31 Å². The van der Waals surface area contributed by atoms with E-state index in [2.05, 4.69) is 5.32 Å². The number of hydrogen-bond donors (Lipinski definition) is 1. The molecule has 162 valence electrons. The highest BCUT2D eigenvalue weighted by atomic mass is 32.2. The number of piperidine rings is 1. The van der Waals surface area contributed by atoms with Gasteiger partial charge in [-0.1, -0.05) is 12.1 Å². The molecule has 7 nitrogen and oxygen atoms in total. The third kappa shape index (κ3) is 5.05. The monoisotopic (exact) mass is 453 g/mol. The molecule has 1 N–H and O–H groups in total. The summed E-state index contributed by atoms with van der Waals surface area (Å²) in [7, 11) is -0.473. The minimum atomic E-state index is -3.70. The summed E-state index contributed by atoms with van der Waals surface area (Å²) in [6, 6.07) is 7.31. The third-order valence-corrected chi connectivity index (χ3v) is 8.34. The van der Waals surface area contributed by atoms with Crippen LogP contribution in [0, 0.1) is 11.7 Å². The number of amides is 2. The van der Waals surface area contributed by atoms with Gasteiger partial charge in [0.05, 0.1) is 5.56 Å². The zero-order valence-electron chi connectivity index (χ0n) is 16.8. The van der Waals surface area contributed by atoms with Crippen molar-refractivity contribution in [2.45, 2.75) is 23.6 Å². The van der Waals surface area contributed by atoms with Crippen LogP contribution in [-0.4, -0.2) is 56.6 Å². The molecule has 1 fully saturated rings. The average Bonchev–Trinajstić information content (AvgIpc) is 3.23. The first-order valence-electron chi connectivity index (χ1n) is 9.51. The Morgan fingerprint density at radius 2 is 1.83 bits per heavy atom. The molecule has 0 spiro atoms. The Bertz CT molecular complexity index is 1010. The van der Waals surface area contributed by atoms with Gasteiger partial charge in [-0.25, -0.2) is 12.8 Å². The molecule has 1 aromatic carbocycles. The van der Waals surface area contributed by atoms with E-state index in [0.717, 1.165) is 16.9 Å². The summed E-state index contributed by atoms with van der Waals surface area (Å²) in [5.41, 5.74) is 1.14. The number of hydrogen-bond acceptors (Lipinski definition) is 5. The SMILES string of the molecule is CN(C)C(=O)c1csc(S(=O)(=O)N2CCC(C(=O)NCc3ccc(F)cc3)CC2)c1. The predicted octanol–water partition coefficient (Wildman–Crippen LogP) is 2.31. The number of sulfonamides is 1. The van der Waals surface area contributed by atoms with Gasteiger partial charge < -0.3 is 10.2 Å². The number of nitrogens with one attached hydrogen (secondary N) is 1. The molecule has 2 amide bonds. The summed E-state index contributed by atoms with van der Waals surface area (Å²) >= 11 is 1.03. The zero-order valence-corrected chi connectivity index (χ0v) is 18.4. The van der Waals surface area contributed by atoms with Crippen LogP contribution in [0.2, 0.25) is 0 Å². The van der Waals surface area contributed by atoms with E-state index in [0.29, 0.717) is 24.9 Å². The molecular weight excluding hydrogens is 429 g/mol. The van der Waals surface area contributed by atoms with Crippen molar-refractivity contribution >= 4 is 33.2 Å². The average molecular weight is 454 g/mol. The van der Waals surface area contributed by atoms with Crippen molar-refractivity contribution in [3.8, 4) is 0 Å². The summed E-state index contributed by atoms with van der Waals surface area (Å²) in [6.45, 7) is 0.785. The summed E-state index contributed by atoms with van der Waals surface area (Å²) in [4.78, 5) is 25.8. The minimum absolute atomic E-state index is 0.131. The molecule has 0 unspecified atom stereocenters. The maximum Gasteiger partial charge on any atom is 0.254 e. The lowest BCUT2D eigenvalue weighted by atomic mass is 9.97. The quantitative estimate of drug-likeness (QED) is 0.727. The van der Waals surface area contributed by atoms with Crippen LogP contribution in [0.3, 0.4) is 0 Å². The predicted molar refractivity (Wildman–Crippen MR) is 112 cm³/mol. The molecule has 10 heteroatoms. The fourth-order valence-electron chi connectivity index (χ4n) is 3.24. The second kappa shape index (κ2) is 9.23.